The molecule has 206 valence electrons. The van der Waals surface area contributed by atoms with Crippen LogP contribution in [0.4, 0.5) is 0 Å². The van der Waals surface area contributed by atoms with Gasteiger partial charge < -0.3 is 14.4 Å². The highest BCUT2D eigenvalue weighted by molar-refractivity contribution is 7.86. The van der Waals surface area contributed by atoms with Crippen molar-refractivity contribution in [1.82, 2.24) is 0 Å². The number of aryl methyl sites for hydroxylation is 1. The first-order chi connectivity index (χ1) is 17.3. The molecule has 0 fully saturated rings. The second kappa shape index (κ2) is 13.5. The van der Waals surface area contributed by atoms with E-state index in [9.17, 15) is 21.6 Å². The minimum Gasteiger partial charge on any atom is -0.394 e. The number of carbonyl (C=O) groups is 1. The Morgan fingerprint density at radius 1 is 0.919 bits per heavy atom. The van der Waals surface area contributed by atoms with Crippen LogP contribution in [0.2, 0.25) is 0 Å². The second-order valence-corrected chi connectivity index (χ2v) is 12.5. The molecule has 0 spiro atoms. The molecule has 2 aromatic carbocycles. The van der Waals surface area contributed by atoms with Crippen LogP contribution in [0.5, 0.6) is 5.75 Å². The van der Waals surface area contributed by atoms with E-state index in [1.807, 2.05) is 36.4 Å². The van der Waals surface area contributed by atoms with Crippen LogP contribution in [0.1, 0.15) is 53.2 Å². The zero-order chi connectivity index (χ0) is 27.7. The Kier molecular flexibility index (Phi) is 11.3. The summed E-state index contributed by atoms with van der Waals surface area (Å²) in [6.07, 6.45) is 5.28. The summed E-state index contributed by atoms with van der Waals surface area (Å²) in [5.74, 6) is -0.0805. The van der Waals surface area contributed by atoms with Crippen LogP contribution < -0.4 is 4.18 Å². The van der Waals surface area contributed by atoms with Gasteiger partial charge in [0.05, 0.1) is 37.9 Å². The quantitative estimate of drug-likeness (QED) is 0.315. The van der Waals surface area contributed by atoms with Crippen LogP contribution in [0.3, 0.4) is 0 Å². The number of benzene rings is 2. The van der Waals surface area contributed by atoms with Gasteiger partial charge in [-0.3, -0.25) is 8.98 Å². The summed E-state index contributed by atoms with van der Waals surface area (Å²) in [6, 6.07) is 13.5. The van der Waals surface area contributed by atoms with Crippen LogP contribution >= 0.6 is 0 Å². The second-order valence-electron chi connectivity index (χ2n) is 9.29. The van der Waals surface area contributed by atoms with Gasteiger partial charge in [0, 0.05) is 6.42 Å². The van der Waals surface area contributed by atoms with Gasteiger partial charge in [-0.15, -0.1) is 0 Å². The fraction of sp³-hybridized carbons (Fsp3) is 0.500. The largest absolute Gasteiger partial charge is 0.394 e. The number of Topliss-reactive ketones (excluding diaryl/α,β-unsaturated/α-hetero) is 1. The van der Waals surface area contributed by atoms with E-state index in [1.54, 1.807) is 6.07 Å². The highest BCUT2D eigenvalue weighted by atomic mass is 32.2. The van der Waals surface area contributed by atoms with E-state index in [1.165, 1.54) is 0 Å². The minimum atomic E-state index is -3.83. The lowest BCUT2D eigenvalue weighted by atomic mass is 9.66. The van der Waals surface area contributed by atoms with Crippen molar-refractivity contribution in [1.29, 1.82) is 0 Å². The lowest BCUT2D eigenvalue weighted by Crippen LogP contribution is -2.34. The lowest BCUT2D eigenvalue weighted by Gasteiger charge is -2.37. The van der Waals surface area contributed by atoms with Crippen molar-refractivity contribution in [3.8, 4) is 5.75 Å². The third-order valence-electron chi connectivity index (χ3n) is 6.04. The van der Waals surface area contributed by atoms with Crippen LogP contribution in [0.25, 0.3) is 0 Å². The molecule has 1 aliphatic carbocycles. The molecule has 0 bridgehead atoms. The summed E-state index contributed by atoms with van der Waals surface area (Å²) in [7, 11) is -7.36. The van der Waals surface area contributed by atoms with Gasteiger partial charge in [0.25, 0.3) is 10.1 Å². The van der Waals surface area contributed by atoms with Crippen LogP contribution in [-0.2, 0) is 43.7 Å². The number of aliphatic hydroxyl groups is 2. The molecule has 0 aliphatic heterocycles. The SMILES string of the molecule is CCC1(Cc2ccccc2)CC(=O)c2c(cc(CCCOS(C)(=O)=O)cc2OS(C)(=O)=O)C1.OCCO. The van der Waals surface area contributed by atoms with Crippen LogP contribution in [0.15, 0.2) is 42.5 Å². The molecule has 0 amide bonds. The highest BCUT2D eigenvalue weighted by Crippen LogP contribution is 2.44. The number of hydrogen-bond acceptors (Lipinski definition) is 9. The number of aliphatic hydroxyl groups excluding tert-OH is 2. The first-order valence-electron chi connectivity index (χ1n) is 12.0. The predicted octanol–water partition coefficient (Wildman–Crippen LogP) is 2.67. The predicted molar refractivity (Wildman–Crippen MR) is 141 cm³/mol. The van der Waals surface area contributed by atoms with Crippen molar-refractivity contribution in [2.45, 2.75) is 45.4 Å². The topological polar surface area (TPSA) is 144 Å². The van der Waals surface area contributed by atoms with E-state index in [4.69, 9.17) is 18.6 Å². The molecule has 37 heavy (non-hydrogen) atoms. The zero-order valence-corrected chi connectivity index (χ0v) is 23.1. The summed E-state index contributed by atoms with van der Waals surface area (Å²) < 4.78 is 56.2. The summed E-state index contributed by atoms with van der Waals surface area (Å²) in [6.45, 7) is 1.84. The maximum Gasteiger partial charge on any atom is 0.306 e. The molecule has 0 saturated heterocycles. The van der Waals surface area contributed by atoms with Gasteiger partial charge in [0.1, 0.15) is 0 Å². The molecule has 0 radical (unpaired) electrons. The number of rotatable bonds is 11. The van der Waals surface area contributed by atoms with Crippen molar-refractivity contribution in [2.24, 2.45) is 5.41 Å². The molecule has 9 nitrogen and oxygen atoms in total. The van der Waals surface area contributed by atoms with E-state index in [-0.39, 0.29) is 36.8 Å². The van der Waals surface area contributed by atoms with Crippen LogP contribution in [-0.4, -0.2) is 65.2 Å². The van der Waals surface area contributed by atoms with Crippen LogP contribution in [0, 0.1) is 5.41 Å². The molecule has 0 saturated carbocycles. The number of ketones is 1. The molecule has 0 aromatic heterocycles. The monoisotopic (exact) mass is 556 g/mol. The minimum absolute atomic E-state index is 0.0179. The Labute approximate surface area is 219 Å². The molecule has 3 rings (SSSR count). The van der Waals surface area contributed by atoms with E-state index >= 15 is 0 Å². The smallest absolute Gasteiger partial charge is 0.306 e. The molecule has 11 heteroatoms. The van der Waals surface area contributed by atoms with Gasteiger partial charge in [-0.1, -0.05) is 43.3 Å². The summed E-state index contributed by atoms with van der Waals surface area (Å²) >= 11 is 0. The van der Waals surface area contributed by atoms with E-state index in [0.29, 0.717) is 31.2 Å². The molecule has 0 heterocycles. The van der Waals surface area contributed by atoms with Gasteiger partial charge in [0.15, 0.2) is 11.5 Å². The van der Waals surface area contributed by atoms with Gasteiger partial charge >= 0.3 is 10.1 Å². The zero-order valence-electron chi connectivity index (χ0n) is 21.5. The van der Waals surface area contributed by atoms with Gasteiger partial charge in [-0.05, 0) is 60.3 Å². The average molecular weight is 557 g/mol. The molecular formula is C26H36O9S2. The third-order valence-corrected chi connectivity index (χ3v) is 7.12. The highest BCUT2D eigenvalue weighted by Gasteiger charge is 2.39. The van der Waals surface area contributed by atoms with Crippen molar-refractivity contribution in [2.75, 3.05) is 32.3 Å². The standard InChI is InChI=1S/C24H30O7S2.C2H6O2/c1-4-24(15-18-9-6-5-7-10-18)16-20-13-19(11-8-12-30-32(2,26)27)14-22(31-33(3,28)29)23(20)21(25)17-24;3-1-2-4/h5-7,9-10,13-14H,4,8,11-12,15-17H2,1-3H3;3-4H,1-2H2. The number of fused-ring (bicyclic) bond motifs is 1. The van der Waals surface area contributed by atoms with E-state index < -0.39 is 20.2 Å². The molecule has 1 atom stereocenters. The first-order valence-corrected chi connectivity index (χ1v) is 15.6. The fourth-order valence-corrected chi connectivity index (χ4v) is 5.35. The van der Waals surface area contributed by atoms with Crippen molar-refractivity contribution in [3.63, 3.8) is 0 Å². The van der Waals surface area contributed by atoms with E-state index in [2.05, 4.69) is 6.92 Å². The van der Waals surface area contributed by atoms with Crippen molar-refractivity contribution < 1.29 is 40.2 Å². The van der Waals surface area contributed by atoms with Gasteiger partial charge in [-0.25, -0.2) is 0 Å². The molecule has 1 aliphatic rings. The normalized spacial score (nSPS) is 17.5. The van der Waals surface area contributed by atoms with Gasteiger partial charge in [0.2, 0.25) is 0 Å². The van der Waals surface area contributed by atoms with Gasteiger partial charge in [-0.2, -0.15) is 16.8 Å². The molecule has 2 aromatic rings. The Bertz CT molecular complexity index is 1250. The molecular weight excluding hydrogens is 520 g/mol. The summed E-state index contributed by atoms with van der Waals surface area (Å²) in [5, 5.41) is 15.2. The van der Waals surface area contributed by atoms with E-state index in [0.717, 1.165) is 42.0 Å². The fourth-order valence-electron chi connectivity index (χ4n) is 4.48. The molecule has 2 N–H and O–H groups in total. The summed E-state index contributed by atoms with van der Waals surface area (Å²) in [5.41, 5.74) is 2.74. The Hall–Kier alpha value is -2.31. The van der Waals surface area contributed by atoms with Crippen molar-refractivity contribution in [3.05, 3.63) is 64.7 Å². The lowest BCUT2D eigenvalue weighted by molar-refractivity contribution is 0.0874. The molecule has 1 unspecified atom stereocenters. The average Bonchev–Trinajstić information content (AvgIpc) is 2.80. The third kappa shape index (κ3) is 10.2. The van der Waals surface area contributed by atoms with Crippen molar-refractivity contribution >= 4 is 26.0 Å². The Balaban J connectivity index is 0.00000112. The Morgan fingerprint density at radius 3 is 2.11 bits per heavy atom. The Morgan fingerprint density at radius 2 is 1.57 bits per heavy atom. The number of carbonyl (C=O) groups excluding carboxylic acids is 1. The first kappa shape index (κ1) is 30.9. The summed E-state index contributed by atoms with van der Waals surface area (Å²) in [4.78, 5) is 13.3. The maximum atomic E-state index is 13.3. The maximum absolute atomic E-state index is 13.3. The number of hydrogen-bond donors (Lipinski definition) is 2.